The number of piperazine rings is 1. The monoisotopic (exact) mass is 248 g/mol. The molecule has 1 saturated heterocycles. The van der Waals surface area contributed by atoms with Crippen LogP contribution in [0.2, 0.25) is 0 Å². The molecule has 0 radical (unpaired) electrons. The van der Waals surface area contributed by atoms with Crippen LogP contribution in [0.15, 0.2) is 24.5 Å². The Bertz CT molecular complexity index is 374. The van der Waals surface area contributed by atoms with Crippen molar-refractivity contribution in [2.75, 3.05) is 32.7 Å². The molecular formula is C13H20N4O. The zero-order valence-corrected chi connectivity index (χ0v) is 10.8. The number of urea groups is 1. The lowest BCUT2D eigenvalue weighted by Gasteiger charge is -2.34. The highest BCUT2D eigenvalue weighted by Gasteiger charge is 2.20. The maximum atomic E-state index is 11.7. The zero-order valence-electron chi connectivity index (χ0n) is 10.8. The van der Waals surface area contributed by atoms with Crippen LogP contribution < -0.4 is 5.32 Å². The molecule has 1 aliphatic rings. The SMILES string of the molecule is CCNC(=O)N1CCN(Cc2ccncc2)CC1. The summed E-state index contributed by atoms with van der Waals surface area (Å²) in [7, 11) is 0. The molecule has 1 fully saturated rings. The van der Waals surface area contributed by atoms with Gasteiger partial charge in [0.15, 0.2) is 0 Å². The minimum Gasteiger partial charge on any atom is -0.338 e. The van der Waals surface area contributed by atoms with Crippen molar-refractivity contribution in [3.8, 4) is 0 Å². The Hall–Kier alpha value is -1.62. The Morgan fingerprint density at radius 2 is 1.94 bits per heavy atom. The Balaban J connectivity index is 1.78. The number of pyridine rings is 1. The number of nitrogens with one attached hydrogen (secondary N) is 1. The van der Waals surface area contributed by atoms with Crippen LogP contribution in [0.1, 0.15) is 12.5 Å². The third-order valence-electron chi connectivity index (χ3n) is 3.14. The van der Waals surface area contributed by atoms with Crippen molar-refractivity contribution in [2.45, 2.75) is 13.5 Å². The van der Waals surface area contributed by atoms with Gasteiger partial charge in [-0.1, -0.05) is 0 Å². The van der Waals surface area contributed by atoms with E-state index >= 15 is 0 Å². The number of carbonyl (C=O) groups is 1. The van der Waals surface area contributed by atoms with E-state index in [0.29, 0.717) is 6.54 Å². The number of aromatic nitrogens is 1. The van der Waals surface area contributed by atoms with Gasteiger partial charge in [-0.25, -0.2) is 4.79 Å². The highest BCUT2D eigenvalue weighted by molar-refractivity contribution is 5.74. The van der Waals surface area contributed by atoms with Gasteiger partial charge in [-0.15, -0.1) is 0 Å². The number of carbonyl (C=O) groups excluding carboxylic acids is 1. The topological polar surface area (TPSA) is 48.5 Å². The molecule has 0 atom stereocenters. The van der Waals surface area contributed by atoms with Gasteiger partial charge in [-0.2, -0.15) is 0 Å². The van der Waals surface area contributed by atoms with Crippen LogP contribution in [0.3, 0.4) is 0 Å². The molecule has 5 heteroatoms. The van der Waals surface area contributed by atoms with E-state index in [2.05, 4.69) is 15.2 Å². The van der Waals surface area contributed by atoms with E-state index in [0.717, 1.165) is 32.7 Å². The predicted octanol–water partition coefficient (Wildman–Crippen LogP) is 0.929. The number of amides is 2. The van der Waals surface area contributed by atoms with Gasteiger partial charge < -0.3 is 10.2 Å². The smallest absolute Gasteiger partial charge is 0.317 e. The summed E-state index contributed by atoms with van der Waals surface area (Å²) in [6.07, 6.45) is 3.64. The first kappa shape index (κ1) is 12.8. The molecule has 1 aliphatic heterocycles. The third kappa shape index (κ3) is 3.43. The summed E-state index contributed by atoms with van der Waals surface area (Å²) in [5, 5.41) is 2.84. The summed E-state index contributed by atoms with van der Waals surface area (Å²) in [5.41, 5.74) is 1.27. The maximum absolute atomic E-state index is 11.7. The fourth-order valence-electron chi connectivity index (χ4n) is 2.12. The summed E-state index contributed by atoms with van der Waals surface area (Å²) in [5.74, 6) is 0. The van der Waals surface area contributed by atoms with Crippen LogP contribution in [0, 0.1) is 0 Å². The summed E-state index contributed by atoms with van der Waals surface area (Å²) in [4.78, 5) is 19.9. The molecule has 2 heterocycles. The minimum absolute atomic E-state index is 0.0565. The second-order valence-electron chi connectivity index (χ2n) is 4.45. The zero-order chi connectivity index (χ0) is 12.8. The molecule has 0 saturated carbocycles. The lowest BCUT2D eigenvalue weighted by atomic mass is 10.2. The van der Waals surface area contributed by atoms with E-state index in [1.807, 2.05) is 36.4 Å². The number of hydrogen-bond donors (Lipinski definition) is 1. The fraction of sp³-hybridized carbons (Fsp3) is 0.538. The molecule has 0 aliphatic carbocycles. The fourth-order valence-corrected chi connectivity index (χ4v) is 2.12. The molecule has 1 N–H and O–H groups in total. The Kier molecular flexibility index (Phi) is 4.52. The van der Waals surface area contributed by atoms with Crippen molar-refractivity contribution in [3.63, 3.8) is 0 Å². The summed E-state index contributed by atoms with van der Waals surface area (Å²) in [6, 6.07) is 4.13. The molecule has 0 bridgehead atoms. The van der Waals surface area contributed by atoms with Crippen LogP contribution in [0.4, 0.5) is 4.79 Å². The van der Waals surface area contributed by atoms with Crippen LogP contribution in [0.25, 0.3) is 0 Å². The van der Waals surface area contributed by atoms with E-state index in [-0.39, 0.29) is 6.03 Å². The van der Waals surface area contributed by atoms with E-state index in [1.54, 1.807) is 0 Å². The molecule has 2 amide bonds. The molecule has 18 heavy (non-hydrogen) atoms. The van der Waals surface area contributed by atoms with E-state index in [9.17, 15) is 4.79 Å². The largest absolute Gasteiger partial charge is 0.338 e. The van der Waals surface area contributed by atoms with Gasteiger partial charge in [0.1, 0.15) is 0 Å². The highest BCUT2D eigenvalue weighted by Crippen LogP contribution is 2.07. The maximum Gasteiger partial charge on any atom is 0.317 e. The van der Waals surface area contributed by atoms with Gasteiger partial charge in [0, 0.05) is 51.7 Å². The highest BCUT2D eigenvalue weighted by atomic mass is 16.2. The molecule has 1 aromatic heterocycles. The summed E-state index contributed by atoms with van der Waals surface area (Å²) in [6.45, 7) is 7.03. The molecule has 0 spiro atoms. The first-order valence-corrected chi connectivity index (χ1v) is 6.43. The molecule has 2 rings (SSSR count). The van der Waals surface area contributed by atoms with Crippen molar-refractivity contribution < 1.29 is 4.79 Å². The number of rotatable bonds is 3. The lowest BCUT2D eigenvalue weighted by Crippen LogP contribution is -2.51. The van der Waals surface area contributed by atoms with E-state index in [4.69, 9.17) is 0 Å². The van der Waals surface area contributed by atoms with Gasteiger partial charge >= 0.3 is 6.03 Å². The molecule has 0 aromatic carbocycles. The van der Waals surface area contributed by atoms with Crippen molar-refractivity contribution in [3.05, 3.63) is 30.1 Å². The van der Waals surface area contributed by atoms with Gasteiger partial charge in [0.2, 0.25) is 0 Å². The quantitative estimate of drug-likeness (QED) is 0.865. The molecular weight excluding hydrogens is 228 g/mol. The van der Waals surface area contributed by atoms with Crippen LogP contribution in [-0.2, 0) is 6.54 Å². The van der Waals surface area contributed by atoms with E-state index < -0.39 is 0 Å². The average molecular weight is 248 g/mol. The number of hydrogen-bond acceptors (Lipinski definition) is 3. The normalized spacial score (nSPS) is 16.6. The first-order chi connectivity index (χ1) is 8.79. The van der Waals surface area contributed by atoms with Crippen LogP contribution >= 0.6 is 0 Å². The van der Waals surface area contributed by atoms with Crippen molar-refractivity contribution in [2.24, 2.45) is 0 Å². The second kappa shape index (κ2) is 6.35. The third-order valence-corrected chi connectivity index (χ3v) is 3.14. The first-order valence-electron chi connectivity index (χ1n) is 6.43. The van der Waals surface area contributed by atoms with E-state index in [1.165, 1.54) is 5.56 Å². The van der Waals surface area contributed by atoms with Gasteiger partial charge in [0.05, 0.1) is 0 Å². The lowest BCUT2D eigenvalue weighted by molar-refractivity contribution is 0.135. The van der Waals surface area contributed by atoms with Crippen molar-refractivity contribution in [1.29, 1.82) is 0 Å². The van der Waals surface area contributed by atoms with Gasteiger partial charge in [-0.3, -0.25) is 9.88 Å². The second-order valence-corrected chi connectivity index (χ2v) is 4.45. The van der Waals surface area contributed by atoms with Crippen molar-refractivity contribution in [1.82, 2.24) is 20.1 Å². The molecule has 98 valence electrons. The van der Waals surface area contributed by atoms with Crippen LogP contribution in [-0.4, -0.2) is 53.5 Å². The average Bonchev–Trinajstić information content (AvgIpc) is 2.41. The Morgan fingerprint density at radius 1 is 1.28 bits per heavy atom. The minimum atomic E-state index is 0.0565. The summed E-state index contributed by atoms with van der Waals surface area (Å²) < 4.78 is 0. The Morgan fingerprint density at radius 3 is 2.56 bits per heavy atom. The van der Waals surface area contributed by atoms with Crippen LogP contribution in [0.5, 0.6) is 0 Å². The van der Waals surface area contributed by atoms with Gasteiger partial charge in [0.25, 0.3) is 0 Å². The summed E-state index contributed by atoms with van der Waals surface area (Å²) >= 11 is 0. The predicted molar refractivity (Wildman–Crippen MR) is 70.2 cm³/mol. The Labute approximate surface area is 108 Å². The molecule has 5 nitrogen and oxygen atoms in total. The standard InChI is InChI=1S/C13H20N4O/c1-2-15-13(18)17-9-7-16(8-10-17)11-12-3-5-14-6-4-12/h3-6H,2,7-11H2,1H3,(H,15,18). The van der Waals surface area contributed by atoms with Crippen molar-refractivity contribution >= 4 is 6.03 Å². The molecule has 1 aromatic rings. The molecule has 0 unspecified atom stereocenters. The number of nitrogens with zero attached hydrogens (tertiary/aromatic N) is 3. The van der Waals surface area contributed by atoms with Gasteiger partial charge in [-0.05, 0) is 24.6 Å².